The molecule has 1 aliphatic rings. The molecule has 0 bridgehead atoms. The van der Waals surface area contributed by atoms with Crippen LogP contribution in [0.4, 0.5) is 0 Å². The van der Waals surface area contributed by atoms with E-state index >= 15 is 0 Å². The van der Waals surface area contributed by atoms with Gasteiger partial charge in [-0.3, -0.25) is 4.79 Å². The summed E-state index contributed by atoms with van der Waals surface area (Å²) < 4.78 is 5.73. The molecule has 2 rings (SSSR count). The number of hydrogen-bond acceptors (Lipinski definition) is 3. The van der Waals surface area contributed by atoms with Gasteiger partial charge in [-0.05, 0) is 44.7 Å². The van der Waals surface area contributed by atoms with Gasteiger partial charge in [-0.2, -0.15) is 0 Å². The topological polar surface area (TPSA) is 64.3 Å². The van der Waals surface area contributed by atoms with E-state index in [4.69, 9.17) is 10.5 Å². The summed E-state index contributed by atoms with van der Waals surface area (Å²) in [5, 5.41) is 3.07. The quantitative estimate of drug-likeness (QED) is 0.875. The number of benzene rings is 1. The fourth-order valence-electron chi connectivity index (χ4n) is 3.30. The van der Waals surface area contributed by atoms with Crippen LogP contribution in [0.15, 0.2) is 12.1 Å². The number of amides is 1. The first-order valence-corrected chi connectivity index (χ1v) is 7.67. The Bertz CT molecular complexity index is 497. The lowest BCUT2D eigenvalue weighted by atomic mass is 9.98. The molecular weight excluding hydrogens is 264 g/mol. The standard InChI is InChI=1S/C17H26N2O2/c1-12-8-13(2)16(14(3)9-12)21-10-15(20)19-17(11-18)6-4-5-7-17/h8-9H,4-7,10-11,18H2,1-3H3,(H,19,20). The summed E-state index contributed by atoms with van der Waals surface area (Å²) in [6, 6.07) is 4.14. The molecule has 116 valence electrons. The number of ether oxygens (including phenoxy) is 1. The van der Waals surface area contributed by atoms with Crippen molar-refractivity contribution >= 4 is 5.91 Å². The summed E-state index contributed by atoms with van der Waals surface area (Å²) >= 11 is 0. The maximum atomic E-state index is 12.1. The van der Waals surface area contributed by atoms with Gasteiger partial charge in [-0.25, -0.2) is 0 Å². The van der Waals surface area contributed by atoms with E-state index in [2.05, 4.69) is 24.4 Å². The lowest BCUT2D eigenvalue weighted by molar-refractivity contribution is -0.124. The van der Waals surface area contributed by atoms with Gasteiger partial charge >= 0.3 is 0 Å². The number of hydrogen-bond donors (Lipinski definition) is 2. The molecule has 4 nitrogen and oxygen atoms in total. The summed E-state index contributed by atoms with van der Waals surface area (Å²) in [6.07, 6.45) is 4.21. The lowest BCUT2D eigenvalue weighted by Crippen LogP contribution is -2.52. The Morgan fingerprint density at radius 2 is 1.81 bits per heavy atom. The van der Waals surface area contributed by atoms with Crippen LogP contribution in [-0.2, 0) is 4.79 Å². The van der Waals surface area contributed by atoms with Crippen LogP contribution in [0, 0.1) is 20.8 Å². The van der Waals surface area contributed by atoms with Gasteiger partial charge in [-0.15, -0.1) is 0 Å². The average molecular weight is 290 g/mol. The molecule has 21 heavy (non-hydrogen) atoms. The Hall–Kier alpha value is -1.55. The van der Waals surface area contributed by atoms with Crippen molar-refractivity contribution in [3.05, 3.63) is 28.8 Å². The van der Waals surface area contributed by atoms with Crippen LogP contribution in [0.5, 0.6) is 5.75 Å². The van der Waals surface area contributed by atoms with E-state index in [9.17, 15) is 4.79 Å². The van der Waals surface area contributed by atoms with Crippen LogP contribution >= 0.6 is 0 Å². The average Bonchev–Trinajstić information content (AvgIpc) is 2.86. The normalized spacial score (nSPS) is 16.8. The summed E-state index contributed by atoms with van der Waals surface area (Å²) in [4.78, 5) is 12.1. The zero-order chi connectivity index (χ0) is 15.5. The number of carbonyl (C=O) groups excluding carboxylic acids is 1. The number of carbonyl (C=O) groups is 1. The highest BCUT2D eigenvalue weighted by molar-refractivity contribution is 5.78. The second-order valence-corrected chi connectivity index (χ2v) is 6.26. The molecule has 0 aromatic heterocycles. The molecule has 1 fully saturated rings. The molecule has 1 aromatic carbocycles. The third-order valence-corrected chi connectivity index (χ3v) is 4.31. The molecule has 1 aliphatic carbocycles. The Kier molecular flexibility index (Phi) is 4.88. The van der Waals surface area contributed by atoms with Crippen molar-refractivity contribution in [3.63, 3.8) is 0 Å². The molecule has 0 spiro atoms. The van der Waals surface area contributed by atoms with Gasteiger partial charge in [0.15, 0.2) is 6.61 Å². The summed E-state index contributed by atoms with van der Waals surface area (Å²) in [5.74, 6) is 0.727. The molecule has 0 atom stereocenters. The highest BCUT2D eigenvalue weighted by Gasteiger charge is 2.33. The van der Waals surface area contributed by atoms with Gasteiger partial charge < -0.3 is 15.8 Å². The summed E-state index contributed by atoms with van der Waals surface area (Å²) in [7, 11) is 0. The zero-order valence-electron chi connectivity index (χ0n) is 13.3. The van der Waals surface area contributed by atoms with Crippen LogP contribution in [0.3, 0.4) is 0 Å². The zero-order valence-corrected chi connectivity index (χ0v) is 13.3. The van der Waals surface area contributed by atoms with E-state index in [1.165, 1.54) is 5.56 Å². The van der Waals surface area contributed by atoms with Gasteiger partial charge in [0.25, 0.3) is 5.91 Å². The van der Waals surface area contributed by atoms with Crippen molar-refractivity contribution in [2.45, 2.75) is 52.0 Å². The van der Waals surface area contributed by atoms with Crippen LogP contribution in [0.2, 0.25) is 0 Å². The third kappa shape index (κ3) is 3.76. The van der Waals surface area contributed by atoms with Gasteiger partial charge in [-0.1, -0.05) is 30.5 Å². The molecule has 4 heteroatoms. The maximum Gasteiger partial charge on any atom is 0.258 e. The second kappa shape index (κ2) is 6.48. The first-order valence-electron chi connectivity index (χ1n) is 7.67. The molecule has 0 heterocycles. The molecule has 0 aliphatic heterocycles. The molecule has 3 N–H and O–H groups in total. The van der Waals surface area contributed by atoms with Crippen LogP contribution in [0.25, 0.3) is 0 Å². The molecule has 1 saturated carbocycles. The minimum atomic E-state index is -0.211. The Morgan fingerprint density at radius 3 is 2.33 bits per heavy atom. The number of nitrogens with one attached hydrogen (secondary N) is 1. The smallest absolute Gasteiger partial charge is 0.258 e. The highest BCUT2D eigenvalue weighted by atomic mass is 16.5. The second-order valence-electron chi connectivity index (χ2n) is 6.26. The van der Waals surface area contributed by atoms with Gasteiger partial charge in [0.05, 0.1) is 5.54 Å². The van der Waals surface area contributed by atoms with Crippen LogP contribution < -0.4 is 15.8 Å². The molecule has 0 unspecified atom stereocenters. The van der Waals surface area contributed by atoms with Gasteiger partial charge in [0.2, 0.25) is 0 Å². The SMILES string of the molecule is Cc1cc(C)c(OCC(=O)NC2(CN)CCCC2)c(C)c1. The van der Waals surface area contributed by atoms with Gasteiger partial charge in [0.1, 0.15) is 5.75 Å². The minimum Gasteiger partial charge on any atom is -0.483 e. The van der Waals surface area contributed by atoms with E-state index in [0.29, 0.717) is 6.54 Å². The van der Waals surface area contributed by atoms with E-state index in [-0.39, 0.29) is 18.1 Å². The summed E-state index contributed by atoms with van der Waals surface area (Å²) in [6.45, 7) is 6.62. The fourth-order valence-corrected chi connectivity index (χ4v) is 3.30. The van der Waals surface area contributed by atoms with Crippen LogP contribution in [-0.4, -0.2) is 24.6 Å². The first kappa shape index (κ1) is 15.8. The fraction of sp³-hybridized carbons (Fsp3) is 0.588. The maximum absolute atomic E-state index is 12.1. The van der Waals surface area contributed by atoms with Crippen molar-refractivity contribution in [2.24, 2.45) is 5.73 Å². The Balaban J connectivity index is 1.95. The number of rotatable bonds is 5. The van der Waals surface area contributed by atoms with Gasteiger partial charge in [0, 0.05) is 6.54 Å². The van der Waals surface area contributed by atoms with E-state index in [1.54, 1.807) is 0 Å². The Labute approximate surface area is 127 Å². The first-order chi connectivity index (χ1) is 9.96. The van der Waals surface area contributed by atoms with E-state index in [0.717, 1.165) is 42.6 Å². The molecule has 0 saturated heterocycles. The largest absolute Gasteiger partial charge is 0.483 e. The highest BCUT2D eigenvalue weighted by Crippen LogP contribution is 2.29. The molecule has 1 aromatic rings. The predicted molar refractivity (Wildman–Crippen MR) is 84.5 cm³/mol. The Morgan fingerprint density at radius 1 is 1.24 bits per heavy atom. The van der Waals surface area contributed by atoms with Crippen molar-refractivity contribution in [3.8, 4) is 5.75 Å². The van der Waals surface area contributed by atoms with Crippen LogP contribution in [0.1, 0.15) is 42.4 Å². The molecular formula is C17H26N2O2. The van der Waals surface area contributed by atoms with Crippen molar-refractivity contribution in [1.82, 2.24) is 5.32 Å². The van der Waals surface area contributed by atoms with Crippen molar-refractivity contribution < 1.29 is 9.53 Å². The lowest BCUT2D eigenvalue weighted by Gasteiger charge is -2.28. The third-order valence-electron chi connectivity index (χ3n) is 4.31. The summed E-state index contributed by atoms with van der Waals surface area (Å²) in [5.41, 5.74) is 8.96. The van der Waals surface area contributed by atoms with E-state index < -0.39 is 0 Å². The number of aryl methyl sites for hydroxylation is 3. The minimum absolute atomic E-state index is 0.0481. The van der Waals surface area contributed by atoms with E-state index in [1.807, 2.05) is 13.8 Å². The molecule has 0 radical (unpaired) electrons. The monoisotopic (exact) mass is 290 g/mol. The molecule has 1 amide bonds. The van der Waals surface area contributed by atoms with Crippen molar-refractivity contribution in [1.29, 1.82) is 0 Å². The predicted octanol–water partition coefficient (Wildman–Crippen LogP) is 2.38. The van der Waals surface area contributed by atoms with Crippen molar-refractivity contribution in [2.75, 3.05) is 13.2 Å². The number of nitrogens with two attached hydrogens (primary N) is 1.